The van der Waals surface area contributed by atoms with E-state index in [1.165, 1.54) is 16.2 Å². The molecule has 0 aromatic carbocycles. The molecule has 1 atom stereocenters. The van der Waals surface area contributed by atoms with Gasteiger partial charge in [-0.2, -0.15) is 5.10 Å². The van der Waals surface area contributed by atoms with Crippen molar-refractivity contribution >= 4 is 11.3 Å². The number of aromatic nitrogens is 3. The van der Waals surface area contributed by atoms with Gasteiger partial charge in [-0.05, 0) is 49.7 Å². The molecule has 3 aromatic rings. The van der Waals surface area contributed by atoms with Gasteiger partial charge in [0.15, 0.2) is 0 Å². The predicted molar refractivity (Wildman–Crippen MR) is 99.2 cm³/mol. The Morgan fingerprint density at radius 2 is 2.20 bits per heavy atom. The molecule has 6 heteroatoms. The molecule has 1 N–H and O–H groups in total. The zero-order valence-corrected chi connectivity index (χ0v) is 14.9. The van der Waals surface area contributed by atoms with E-state index in [1.807, 2.05) is 41.8 Å². The third-order valence-corrected chi connectivity index (χ3v) is 5.57. The topological polar surface area (TPSA) is 54.0 Å². The Hall–Kier alpha value is -2.02. The second-order valence-electron chi connectivity index (χ2n) is 6.37. The molecule has 0 amide bonds. The molecule has 5 nitrogen and oxygen atoms in total. The number of thiophene rings is 1. The van der Waals surface area contributed by atoms with Crippen molar-refractivity contribution in [3.63, 3.8) is 0 Å². The highest BCUT2D eigenvalue weighted by Crippen LogP contribution is 2.28. The third-order valence-electron chi connectivity index (χ3n) is 4.46. The molecule has 1 fully saturated rings. The Kier molecular flexibility index (Phi) is 5.20. The average molecular weight is 354 g/mol. The second-order valence-corrected chi connectivity index (χ2v) is 7.54. The maximum absolute atomic E-state index is 6.09. The number of hydrogen-bond acceptors (Lipinski definition) is 5. The maximum Gasteiger partial charge on any atom is 0.0892 e. The number of nitrogens with one attached hydrogen (secondary N) is 1. The highest BCUT2D eigenvalue weighted by Gasteiger charge is 2.21. The van der Waals surface area contributed by atoms with Crippen LogP contribution in [0.5, 0.6) is 0 Å². The summed E-state index contributed by atoms with van der Waals surface area (Å²) in [7, 11) is 0. The van der Waals surface area contributed by atoms with Crippen molar-refractivity contribution in [1.82, 2.24) is 20.1 Å². The molecule has 0 bridgehead atoms. The van der Waals surface area contributed by atoms with Crippen molar-refractivity contribution in [2.24, 2.45) is 0 Å². The standard InChI is InChI=1S/C19H22N4OS/c1-2-9-20-15(4-1)14-24-16-5-3-11-23(12-16)13-17-6-7-19(25-17)18-8-10-21-22-18/h1-2,4,6-10,16H,3,5,11-14H2,(H,21,22). The molecule has 1 saturated heterocycles. The van der Waals surface area contributed by atoms with Gasteiger partial charge in [0.25, 0.3) is 0 Å². The number of ether oxygens (including phenoxy) is 1. The van der Waals surface area contributed by atoms with E-state index in [4.69, 9.17) is 4.74 Å². The smallest absolute Gasteiger partial charge is 0.0892 e. The molecule has 1 unspecified atom stereocenters. The lowest BCUT2D eigenvalue weighted by Crippen LogP contribution is -2.38. The maximum atomic E-state index is 6.09. The van der Waals surface area contributed by atoms with Gasteiger partial charge in [0.2, 0.25) is 0 Å². The first kappa shape index (κ1) is 16.4. The highest BCUT2D eigenvalue weighted by atomic mass is 32.1. The quantitative estimate of drug-likeness (QED) is 0.733. The van der Waals surface area contributed by atoms with Gasteiger partial charge in [-0.15, -0.1) is 11.3 Å². The molecule has 4 heterocycles. The summed E-state index contributed by atoms with van der Waals surface area (Å²) in [6.45, 7) is 3.72. The Morgan fingerprint density at radius 3 is 3.04 bits per heavy atom. The fourth-order valence-corrected chi connectivity index (χ4v) is 4.23. The van der Waals surface area contributed by atoms with Gasteiger partial charge < -0.3 is 4.74 Å². The summed E-state index contributed by atoms with van der Waals surface area (Å²) in [6.07, 6.45) is 6.23. The summed E-state index contributed by atoms with van der Waals surface area (Å²) in [5, 5.41) is 7.06. The number of H-pyrrole nitrogens is 1. The normalized spacial score (nSPS) is 18.5. The van der Waals surface area contributed by atoms with Gasteiger partial charge in [-0.25, -0.2) is 0 Å². The molecule has 130 valence electrons. The van der Waals surface area contributed by atoms with Crippen LogP contribution in [0.1, 0.15) is 23.4 Å². The molecule has 0 aliphatic carbocycles. The summed E-state index contributed by atoms with van der Waals surface area (Å²) in [4.78, 5) is 9.45. The summed E-state index contributed by atoms with van der Waals surface area (Å²) in [5.74, 6) is 0. The molecule has 4 rings (SSSR count). The minimum absolute atomic E-state index is 0.294. The molecular weight excluding hydrogens is 332 g/mol. The third kappa shape index (κ3) is 4.34. The van der Waals surface area contributed by atoms with E-state index in [0.717, 1.165) is 37.4 Å². The minimum Gasteiger partial charge on any atom is -0.371 e. The van der Waals surface area contributed by atoms with Crippen LogP contribution in [-0.4, -0.2) is 39.3 Å². The SMILES string of the molecule is c1ccc(COC2CCCN(Cc3ccc(-c4ccn[nH]4)s3)C2)nc1. The first-order chi connectivity index (χ1) is 12.4. The molecular formula is C19H22N4OS. The number of hydrogen-bond donors (Lipinski definition) is 1. The lowest BCUT2D eigenvalue weighted by Gasteiger charge is -2.32. The van der Waals surface area contributed by atoms with Crippen LogP contribution in [0.3, 0.4) is 0 Å². The van der Waals surface area contributed by atoms with Crippen LogP contribution < -0.4 is 0 Å². The Bertz CT molecular complexity index is 772. The van der Waals surface area contributed by atoms with E-state index < -0.39 is 0 Å². The van der Waals surface area contributed by atoms with Crippen LogP contribution >= 0.6 is 11.3 Å². The minimum atomic E-state index is 0.294. The molecule has 1 aliphatic heterocycles. The Labute approximate surface area is 151 Å². The zero-order chi connectivity index (χ0) is 16.9. The van der Waals surface area contributed by atoms with E-state index in [1.54, 1.807) is 6.20 Å². The Morgan fingerprint density at radius 1 is 1.20 bits per heavy atom. The van der Waals surface area contributed by atoms with E-state index in [2.05, 4.69) is 32.2 Å². The van der Waals surface area contributed by atoms with Gasteiger partial charge in [-0.3, -0.25) is 15.0 Å². The zero-order valence-electron chi connectivity index (χ0n) is 14.1. The summed E-state index contributed by atoms with van der Waals surface area (Å²) in [6, 6.07) is 12.4. The number of aromatic amines is 1. The van der Waals surface area contributed by atoms with Crippen molar-refractivity contribution < 1.29 is 4.74 Å². The van der Waals surface area contributed by atoms with Crippen molar-refractivity contribution in [1.29, 1.82) is 0 Å². The lowest BCUT2D eigenvalue weighted by molar-refractivity contribution is -0.0130. The first-order valence-electron chi connectivity index (χ1n) is 8.69. The molecule has 0 saturated carbocycles. The largest absolute Gasteiger partial charge is 0.371 e. The fourth-order valence-electron chi connectivity index (χ4n) is 3.20. The van der Waals surface area contributed by atoms with E-state index in [0.29, 0.717) is 12.7 Å². The number of piperidine rings is 1. The summed E-state index contributed by atoms with van der Waals surface area (Å²) >= 11 is 1.83. The molecule has 3 aromatic heterocycles. The van der Waals surface area contributed by atoms with E-state index >= 15 is 0 Å². The van der Waals surface area contributed by atoms with Gasteiger partial charge in [0.1, 0.15) is 0 Å². The average Bonchev–Trinajstić information content (AvgIpc) is 3.33. The summed E-state index contributed by atoms with van der Waals surface area (Å²) < 4.78 is 6.09. The van der Waals surface area contributed by atoms with Crippen LogP contribution in [0.15, 0.2) is 48.8 Å². The van der Waals surface area contributed by atoms with Crippen LogP contribution in [-0.2, 0) is 17.9 Å². The van der Waals surface area contributed by atoms with Gasteiger partial charge in [0.05, 0.1) is 29.0 Å². The van der Waals surface area contributed by atoms with Gasteiger partial charge >= 0.3 is 0 Å². The molecule has 0 radical (unpaired) electrons. The van der Waals surface area contributed by atoms with E-state index in [-0.39, 0.29) is 0 Å². The molecule has 1 aliphatic rings. The van der Waals surface area contributed by atoms with Crippen molar-refractivity contribution in [2.75, 3.05) is 13.1 Å². The molecule has 25 heavy (non-hydrogen) atoms. The number of rotatable bonds is 6. The van der Waals surface area contributed by atoms with Crippen LogP contribution in [0.25, 0.3) is 10.6 Å². The Balaban J connectivity index is 1.31. The van der Waals surface area contributed by atoms with Crippen LogP contribution in [0, 0.1) is 0 Å². The van der Waals surface area contributed by atoms with Crippen LogP contribution in [0.2, 0.25) is 0 Å². The molecule has 0 spiro atoms. The monoisotopic (exact) mass is 354 g/mol. The predicted octanol–water partition coefficient (Wildman–Crippen LogP) is 3.71. The van der Waals surface area contributed by atoms with Crippen molar-refractivity contribution in [3.05, 3.63) is 59.4 Å². The fraction of sp³-hybridized carbons (Fsp3) is 0.368. The van der Waals surface area contributed by atoms with Gasteiger partial charge in [0, 0.05) is 30.4 Å². The van der Waals surface area contributed by atoms with Crippen LogP contribution in [0.4, 0.5) is 0 Å². The lowest BCUT2D eigenvalue weighted by atomic mass is 10.1. The highest BCUT2D eigenvalue weighted by molar-refractivity contribution is 7.15. The summed E-state index contributed by atoms with van der Waals surface area (Å²) in [5.41, 5.74) is 2.09. The number of nitrogens with zero attached hydrogens (tertiary/aromatic N) is 3. The second kappa shape index (κ2) is 7.91. The van der Waals surface area contributed by atoms with Gasteiger partial charge in [-0.1, -0.05) is 6.07 Å². The van der Waals surface area contributed by atoms with Crippen molar-refractivity contribution in [2.45, 2.75) is 32.1 Å². The number of likely N-dealkylation sites (tertiary alicyclic amines) is 1. The first-order valence-corrected chi connectivity index (χ1v) is 9.51. The van der Waals surface area contributed by atoms with Crippen molar-refractivity contribution in [3.8, 4) is 10.6 Å². The number of pyridine rings is 1. The van der Waals surface area contributed by atoms with E-state index in [9.17, 15) is 0 Å².